The highest BCUT2D eigenvalue weighted by molar-refractivity contribution is 7.16. The van der Waals surface area contributed by atoms with E-state index in [1.165, 1.54) is 18.3 Å². The summed E-state index contributed by atoms with van der Waals surface area (Å²) < 4.78 is 0.746. The first-order valence-corrected chi connectivity index (χ1v) is 8.42. The molecule has 0 fully saturated rings. The number of Topliss-reactive ketones (excluding diaryl/α,β-unsaturated/α-hetero) is 1. The fourth-order valence-corrected chi connectivity index (χ4v) is 3.21. The smallest absolute Gasteiger partial charge is 0.241 e. The number of carbonyl (C=O) groups excluding carboxylic acids is 2. The third-order valence-electron chi connectivity index (χ3n) is 3.63. The number of thiophene rings is 1. The Labute approximate surface area is 145 Å². The zero-order valence-corrected chi connectivity index (χ0v) is 14.9. The van der Waals surface area contributed by atoms with Gasteiger partial charge in [0.1, 0.15) is 0 Å². The minimum Gasteiger partial charge on any atom is -0.325 e. The average molecular weight is 351 g/mol. The maximum atomic E-state index is 12.3. The van der Waals surface area contributed by atoms with Crippen LogP contribution in [-0.4, -0.2) is 29.7 Å². The van der Waals surface area contributed by atoms with Gasteiger partial charge < -0.3 is 5.32 Å². The van der Waals surface area contributed by atoms with Crippen LogP contribution in [0.5, 0.6) is 0 Å². The third-order valence-corrected chi connectivity index (χ3v) is 4.85. The van der Waals surface area contributed by atoms with Gasteiger partial charge in [0.2, 0.25) is 5.91 Å². The largest absolute Gasteiger partial charge is 0.325 e. The second-order valence-electron chi connectivity index (χ2n) is 5.42. The number of carbonyl (C=O) groups is 2. The number of halogens is 1. The molecule has 122 valence electrons. The molecule has 0 spiro atoms. The van der Waals surface area contributed by atoms with Crippen molar-refractivity contribution in [2.24, 2.45) is 0 Å². The van der Waals surface area contributed by atoms with E-state index in [1.54, 1.807) is 24.3 Å². The average Bonchev–Trinajstić information content (AvgIpc) is 2.92. The quantitative estimate of drug-likeness (QED) is 0.799. The van der Waals surface area contributed by atoms with Crippen molar-refractivity contribution in [3.05, 3.63) is 51.2 Å². The maximum absolute atomic E-state index is 12.3. The number of nitrogens with zero attached hydrogens (tertiary/aromatic N) is 1. The lowest BCUT2D eigenvalue weighted by Gasteiger charge is -2.23. The normalized spacial score (nSPS) is 12.2. The molecule has 4 nitrogen and oxygen atoms in total. The first-order chi connectivity index (χ1) is 10.9. The fourth-order valence-electron chi connectivity index (χ4n) is 2.05. The second kappa shape index (κ2) is 7.73. The Balaban J connectivity index is 1.94. The molecule has 2 aromatic rings. The van der Waals surface area contributed by atoms with Gasteiger partial charge in [0.25, 0.3) is 0 Å². The third kappa shape index (κ3) is 4.89. The van der Waals surface area contributed by atoms with Gasteiger partial charge in [-0.2, -0.15) is 0 Å². The van der Waals surface area contributed by atoms with Gasteiger partial charge in [0.15, 0.2) is 5.78 Å². The maximum Gasteiger partial charge on any atom is 0.241 e. The number of nitrogens with one attached hydrogen (secondary N) is 1. The molecule has 1 heterocycles. The first kappa shape index (κ1) is 17.7. The van der Waals surface area contributed by atoms with Crippen LogP contribution >= 0.6 is 22.9 Å². The first-order valence-electron chi connectivity index (χ1n) is 7.23. The highest BCUT2D eigenvalue weighted by Crippen LogP contribution is 2.23. The number of hydrogen-bond acceptors (Lipinski definition) is 4. The molecule has 2 rings (SSSR count). The molecule has 0 saturated carbocycles. The van der Waals surface area contributed by atoms with Crippen LogP contribution in [-0.2, 0) is 11.3 Å². The predicted octanol–water partition coefficient (Wildman–Crippen LogP) is 4.06. The highest BCUT2D eigenvalue weighted by atomic mass is 35.5. The monoisotopic (exact) mass is 350 g/mol. The van der Waals surface area contributed by atoms with Crippen LogP contribution < -0.4 is 5.32 Å². The van der Waals surface area contributed by atoms with Crippen LogP contribution in [0.1, 0.15) is 29.1 Å². The SMILES string of the molecule is CC(=O)c1ccc(NC(=O)[C@@H](C)N(C)Cc2ccc(Cl)s2)cc1. The van der Waals surface area contributed by atoms with E-state index in [1.807, 2.05) is 31.0 Å². The van der Waals surface area contributed by atoms with Gasteiger partial charge in [-0.1, -0.05) is 11.6 Å². The molecule has 1 amide bonds. The van der Waals surface area contributed by atoms with E-state index in [0.29, 0.717) is 17.8 Å². The van der Waals surface area contributed by atoms with Gasteiger partial charge in [-0.15, -0.1) is 11.3 Å². The van der Waals surface area contributed by atoms with Crippen molar-refractivity contribution in [1.82, 2.24) is 4.90 Å². The van der Waals surface area contributed by atoms with Gasteiger partial charge in [0.05, 0.1) is 10.4 Å². The fraction of sp³-hybridized carbons (Fsp3) is 0.294. The molecule has 1 atom stereocenters. The number of ketones is 1. The summed E-state index contributed by atoms with van der Waals surface area (Å²) in [7, 11) is 1.90. The van der Waals surface area contributed by atoms with E-state index < -0.39 is 0 Å². The van der Waals surface area contributed by atoms with Gasteiger partial charge in [0, 0.05) is 22.7 Å². The summed E-state index contributed by atoms with van der Waals surface area (Å²) in [6.07, 6.45) is 0. The van der Waals surface area contributed by atoms with Crippen LogP contribution in [0.15, 0.2) is 36.4 Å². The van der Waals surface area contributed by atoms with E-state index in [9.17, 15) is 9.59 Å². The number of amides is 1. The molecular formula is C17H19ClN2O2S. The van der Waals surface area contributed by atoms with Crippen molar-refractivity contribution >= 4 is 40.3 Å². The standard InChI is InChI=1S/C17H19ClN2O2S/c1-11(20(3)10-15-8-9-16(18)23-15)17(22)19-14-6-4-13(5-7-14)12(2)21/h4-9,11H,10H2,1-3H3,(H,19,22)/t11-/m1/s1. The lowest BCUT2D eigenvalue weighted by atomic mass is 10.1. The summed E-state index contributed by atoms with van der Waals surface area (Å²) in [4.78, 5) is 26.6. The van der Waals surface area contributed by atoms with Crippen molar-refractivity contribution in [1.29, 1.82) is 0 Å². The van der Waals surface area contributed by atoms with Gasteiger partial charge >= 0.3 is 0 Å². The summed E-state index contributed by atoms with van der Waals surface area (Å²) in [5, 5.41) is 2.87. The van der Waals surface area contributed by atoms with E-state index in [0.717, 1.165) is 9.21 Å². The molecule has 1 aromatic carbocycles. The zero-order chi connectivity index (χ0) is 17.0. The summed E-state index contributed by atoms with van der Waals surface area (Å²) in [5.41, 5.74) is 1.31. The molecule has 0 bridgehead atoms. The molecule has 0 saturated heterocycles. The molecule has 0 aliphatic carbocycles. The van der Waals surface area contributed by atoms with Gasteiger partial charge in [-0.3, -0.25) is 14.5 Å². The number of anilines is 1. The minimum absolute atomic E-state index is 0.00517. The number of benzene rings is 1. The highest BCUT2D eigenvalue weighted by Gasteiger charge is 2.19. The van der Waals surface area contributed by atoms with Crippen molar-refractivity contribution in [2.75, 3.05) is 12.4 Å². The Morgan fingerprint density at radius 3 is 2.39 bits per heavy atom. The lowest BCUT2D eigenvalue weighted by molar-refractivity contribution is -0.120. The van der Waals surface area contributed by atoms with Crippen LogP contribution in [0.4, 0.5) is 5.69 Å². The Morgan fingerprint density at radius 2 is 1.87 bits per heavy atom. The summed E-state index contributed by atoms with van der Waals surface area (Å²) in [5.74, 6) is -0.0867. The molecule has 0 aliphatic heterocycles. The Hall–Kier alpha value is -1.69. The molecular weight excluding hydrogens is 332 g/mol. The molecule has 0 unspecified atom stereocenters. The van der Waals surface area contributed by atoms with E-state index in [2.05, 4.69) is 5.32 Å². The van der Waals surface area contributed by atoms with Crippen LogP contribution in [0, 0.1) is 0 Å². The number of hydrogen-bond donors (Lipinski definition) is 1. The van der Waals surface area contributed by atoms with E-state index in [4.69, 9.17) is 11.6 Å². The van der Waals surface area contributed by atoms with Crippen LogP contribution in [0.2, 0.25) is 4.34 Å². The molecule has 0 aliphatic rings. The van der Waals surface area contributed by atoms with Gasteiger partial charge in [-0.05, 0) is 57.3 Å². The summed E-state index contributed by atoms with van der Waals surface area (Å²) in [6.45, 7) is 4.03. The second-order valence-corrected chi connectivity index (χ2v) is 7.22. The van der Waals surface area contributed by atoms with Crippen molar-refractivity contribution in [3.8, 4) is 0 Å². The Morgan fingerprint density at radius 1 is 1.22 bits per heavy atom. The number of likely N-dealkylation sites (N-methyl/N-ethyl adjacent to an activating group) is 1. The van der Waals surface area contributed by atoms with Crippen molar-refractivity contribution in [3.63, 3.8) is 0 Å². The Kier molecular flexibility index (Phi) is 5.93. The van der Waals surface area contributed by atoms with Crippen LogP contribution in [0.25, 0.3) is 0 Å². The Bertz CT molecular complexity index is 697. The number of rotatable bonds is 6. The van der Waals surface area contributed by atoms with Crippen molar-refractivity contribution < 1.29 is 9.59 Å². The van der Waals surface area contributed by atoms with Crippen LogP contribution in [0.3, 0.4) is 0 Å². The minimum atomic E-state index is -0.289. The molecule has 1 N–H and O–H groups in total. The van der Waals surface area contributed by atoms with Crippen molar-refractivity contribution in [2.45, 2.75) is 26.4 Å². The molecule has 1 aromatic heterocycles. The summed E-state index contributed by atoms with van der Waals surface area (Å²) in [6, 6.07) is 10.4. The van der Waals surface area contributed by atoms with E-state index in [-0.39, 0.29) is 17.7 Å². The lowest BCUT2D eigenvalue weighted by Crippen LogP contribution is -2.39. The molecule has 0 radical (unpaired) electrons. The molecule has 23 heavy (non-hydrogen) atoms. The topological polar surface area (TPSA) is 49.4 Å². The summed E-state index contributed by atoms with van der Waals surface area (Å²) >= 11 is 7.44. The molecule has 6 heteroatoms. The van der Waals surface area contributed by atoms with Gasteiger partial charge in [-0.25, -0.2) is 0 Å². The zero-order valence-electron chi connectivity index (χ0n) is 13.3. The predicted molar refractivity (Wildman–Crippen MR) is 95.3 cm³/mol. The van der Waals surface area contributed by atoms with E-state index >= 15 is 0 Å².